The van der Waals surface area contributed by atoms with Gasteiger partial charge >= 0.3 is 0 Å². The molecule has 0 saturated carbocycles. The lowest BCUT2D eigenvalue weighted by Gasteiger charge is -2.19. The van der Waals surface area contributed by atoms with Crippen LogP contribution in [-0.4, -0.2) is 11.9 Å². The lowest BCUT2D eigenvalue weighted by molar-refractivity contribution is -0.129. The Hall–Kier alpha value is -1.31. The van der Waals surface area contributed by atoms with Crippen LogP contribution in [0.3, 0.4) is 0 Å². The number of amides is 1. The van der Waals surface area contributed by atoms with Crippen LogP contribution in [0.4, 0.5) is 0 Å². The Morgan fingerprint density at radius 3 is 1.76 bits per heavy atom. The molecule has 0 aromatic rings. The lowest BCUT2D eigenvalue weighted by atomic mass is 9.95. The fourth-order valence-electron chi connectivity index (χ4n) is 1.49. The Bertz CT molecular complexity index is 358. The second kappa shape index (κ2) is 5.35. The Morgan fingerprint density at radius 1 is 1.18 bits per heavy atom. The normalized spacial score (nSPS) is 16.4. The first kappa shape index (κ1) is 13.8. The fraction of sp³-hybridized carbons (Fsp3) is 0.533. The number of rotatable bonds is 1. The summed E-state index contributed by atoms with van der Waals surface area (Å²) >= 11 is 0. The van der Waals surface area contributed by atoms with Gasteiger partial charge in [0.2, 0.25) is 5.91 Å². The van der Waals surface area contributed by atoms with Crippen molar-refractivity contribution in [3.63, 3.8) is 0 Å². The largest absolute Gasteiger partial charge is 0.353 e. The van der Waals surface area contributed by atoms with E-state index in [9.17, 15) is 4.79 Å². The van der Waals surface area contributed by atoms with Crippen LogP contribution in [0, 0.1) is 5.41 Å². The monoisotopic (exact) mass is 233 g/mol. The van der Waals surface area contributed by atoms with Gasteiger partial charge in [-0.25, -0.2) is 0 Å². The summed E-state index contributed by atoms with van der Waals surface area (Å²) in [6.45, 7) is 9.65. The zero-order valence-electron chi connectivity index (χ0n) is 11.5. The molecule has 0 aliphatic heterocycles. The summed E-state index contributed by atoms with van der Waals surface area (Å²) in [6, 6.07) is 0.242. The van der Waals surface area contributed by atoms with E-state index < -0.39 is 0 Å². The molecule has 0 atom stereocenters. The first-order chi connectivity index (χ1) is 7.79. The summed E-state index contributed by atoms with van der Waals surface area (Å²) in [5.74, 6) is 0.113. The number of hydrogen-bond donors (Lipinski definition) is 1. The molecule has 2 heteroatoms. The van der Waals surface area contributed by atoms with Crippen LogP contribution in [0.1, 0.15) is 41.0 Å². The van der Waals surface area contributed by atoms with Gasteiger partial charge in [-0.15, -0.1) is 0 Å². The number of carbonyl (C=O) groups excluding carboxylic acids is 1. The maximum atomic E-state index is 11.2. The van der Waals surface area contributed by atoms with E-state index in [0.717, 1.165) is 0 Å². The molecule has 2 rings (SSSR count). The topological polar surface area (TPSA) is 29.1 Å². The first-order valence-corrected chi connectivity index (χ1v) is 6.18. The van der Waals surface area contributed by atoms with Gasteiger partial charge in [0.25, 0.3) is 0 Å². The zero-order chi connectivity index (χ0) is 13.1. The minimum atomic E-state index is -0.260. The maximum Gasteiger partial charge on any atom is 0.225 e. The van der Waals surface area contributed by atoms with E-state index in [0.29, 0.717) is 0 Å². The van der Waals surface area contributed by atoms with E-state index in [1.54, 1.807) is 0 Å². The molecule has 2 aliphatic rings. The van der Waals surface area contributed by atoms with Crippen molar-refractivity contribution in [3.05, 3.63) is 35.5 Å². The SMILES string of the molecule is C1=CC2=CC=C1C2.CC(C)NC(=O)C(C)(C)C. The van der Waals surface area contributed by atoms with Gasteiger partial charge in [-0.3, -0.25) is 4.79 Å². The molecular weight excluding hydrogens is 210 g/mol. The van der Waals surface area contributed by atoms with E-state index >= 15 is 0 Å². The van der Waals surface area contributed by atoms with Gasteiger partial charge in [0, 0.05) is 11.5 Å². The van der Waals surface area contributed by atoms with Gasteiger partial charge < -0.3 is 5.32 Å². The third kappa shape index (κ3) is 4.59. The highest BCUT2D eigenvalue weighted by molar-refractivity contribution is 5.81. The van der Waals surface area contributed by atoms with Gasteiger partial charge in [-0.1, -0.05) is 45.1 Å². The van der Waals surface area contributed by atoms with Crippen molar-refractivity contribution in [2.24, 2.45) is 5.41 Å². The first-order valence-electron chi connectivity index (χ1n) is 6.18. The fourth-order valence-corrected chi connectivity index (χ4v) is 1.49. The number of carbonyl (C=O) groups is 1. The molecule has 2 bridgehead atoms. The molecule has 1 N–H and O–H groups in total. The average molecular weight is 233 g/mol. The molecule has 0 radical (unpaired) electrons. The highest BCUT2D eigenvalue weighted by atomic mass is 16.2. The highest BCUT2D eigenvalue weighted by Gasteiger charge is 2.20. The van der Waals surface area contributed by atoms with Gasteiger partial charge in [0.1, 0.15) is 0 Å². The molecule has 0 spiro atoms. The van der Waals surface area contributed by atoms with E-state index in [2.05, 4.69) is 29.6 Å². The summed E-state index contributed by atoms with van der Waals surface area (Å²) in [6.07, 6.45) is 9.90. The Morgan fingerprint density at radius 2 is 1.65 bits per heavy atom. The molecule has 2 aliphatic carbocycles. The lowest BCUT2D eigenvalue weighted by Crippen LogP contribution is -2.38. The standard InChI is InChI=1S/C8H17NO.C7H6/c1-6(2)9-7(10)8(3,4)5;1-2-7-4-3-6(1)5-7/h6H,1-5H3,(H,9,10);1-4H,5H2. The molecule has 1 amide bonds. The number of allylic oxidation sites excluding steroid dienone is 6. The van der Waals surface area contributed by atoms with Crippen molar-refractivity contribution in [1.29, 1.82) is 0 Å². The molecule has 94 valence electrons. The highest BCUT2D eigenvalue weighted by Crippen LogP contribution is 2.27. The molecule has 0 fully saturated rings. The van der Waals surface area contributed by atoms with Crippen LogP contribution in [0.2, 0.25) is 0 Å². The van der Waals surface area contributed by atoms with Crippen LogP contribution >= 0.6 is 0 Å². The molecule has 17 heavy (non-hydrogen) atoms. The van der Waals surface area contributed by atoms with Crippen LogP contribution in [-0.2, 0) is 4.79 Å². The number of nitrogens with one attached hydrogen (secondary N) is 1. The predicted molar refractivity (Wildman–Crippen MR) is 72.7 cm³/mol. The maximum absolute atomic E-state index is 11.2. The van der Waals surface area contributed by atoms with Crippen molar-refractivity contribution >= 4 is 5.91 Å². The molecule has 0 saturated heterocycles. The summed E-state index contributed by atoms with van der Waals surface area (Å²) in [4.78, 5) is 11.2. The third-order valence-electron chi connectivity index (χ3n) is 2.53. The van der Waals surface area contributed by atoms with E-state index in [4.69, 9.17) is 0 Å². The van der Waals surface area contributed by atoms with E-state index in [1.165, 1.54) is 17.6 Å². The van der Waals surface area contributed by atoms with Crippen LogP contribution in [0.25, 0.3) is 0 Å². The average Bonchev–Trinajstić information content (AvgIpc) is 2.79. The van der Waals surface area contributed by atoms with Gasteiger partial charge in [0.05, 0.1) is 0 Å². The summed E-state index contributed by atoms with van der Waals surface area (Å²) in [7, 11) is 0. The van der Waals surface area contributed by atoms with Crippen LogP contribution in [0.15, 0.2) is 35.5 Å². The van der Waals surface area contributed by atoms with Crippen molar-refractivity contribution in [2.75, 3.05) is 0 Å². The molecule has 0 heterocycles. The zero-order valence-corrected chi connectivity index (χ0v) is 11.5. The molecule has 0 aromatic heterocycles. The summed E-state index contributed by atoms with van der Waals surface area (Å²) < 4.78 is 0. The third-order valence-corrected chi connectivity index (χ3v) is 2.53. The van der Waals surface area contributed by atoms with Crippen molar-refractivity contribution in [1.82, 2.24) is 5.32 Å². The van der Waals surface area contributed by atoms with E-state index in [-0.39, 0.29) is 17.4 Å². The van der Waals surface area contributed by atoms with Gasteiger partial charge in [0.15, 0.2) is 0 Å². The second-order valence-corrected chi connectivity index (χ2v) is 5.87. The second-order valence-electron chi connectivity index (χ2n) is 5.87. The molecule has 0 aromatic carbocycles. The number of hydrogen-bond acceptors (Lipinski definition) is 1. The van der Waals surface area contributed by atoms with Crippen molar-refractivity contribution in [3.8, 4) is 0 Å². The molecule has 0 unspecified atom stereocenters. The smallest absolute Gasteiger partial charge is 0.225 e. The van der Waals surface area contributed by atoms with E-state index in [1.807, 2.05) is 34.6 Å². The van der Waals surface area contributed by atoms with Crippen molar-refractivity contribution < 1.29 is 4.79 Å². The summed E-state index contributed by atoms with van der Waals surface area (Å²) in [5.41, 5.74) is 2.68. The summed E-state index contributed by atoms with van der Waals surface area (Å²) in [5, 5.41) is 2.84. The van der Waals surface area contributed by atoms with Crippen molar-refractivity contribution in [2.45, 2.75) is 47.1 Å². The molecular formula is C15H23NO. The number of fused-ring (bicyclic) bond motifs is 2. The quantitative estimate of drug-likeness (QED) is 0.739. The Kier molecular flexibility index (Phi) is 4.33. The van der Waals surface area contributed by atoms with Gasteiger partial charge in [-0.05, 0) is 31.4 Å². The minimum absolute atomic E-state index is 0.113. The minimum Gasteiger partial charge on any atom is -0.353 e. The molecule has 2 nitrogen and oxygen atoms in total. The Labute approximate surface area is 104 Å². The van der Waals surface area contributed by atoms with Crippen LogP contribution < -0.4 is 5.32 Å². The predicted octanol–water partition coefficient (Wildman–Crippen LogP) is 3.37. The van der Waals surface area contributed by atoms with Gasteiger partial charge in [-0.2, -0.15) is 0 Å². The van der Waals surface area contributed by atoms with Crippen LogP contribution in [0.5, 0.6) is 0 Å². The Balaban J connectivity index is 0.000000177.